The maximum atomic E-state index is 11.7. The van der Waals surface area contributed by atoms with Crippen LogP contribution >= 0.6 is 0 Å². The summed E-state index contributed by atoms with van der Waals surface area (Å²) < 4.78 is 0. The molecule has 20 heavy (non-hydrogen) atoms. The number of nitrogens with zero attached hydrogens (tertiary/aromatic N) is 1. The van der Waals surface area contributed by atoms with Crippen molar-refractivity contribution in [3.63, 3.8) is 0 Å². The standard InChI is InChI=1S/C14H15N5O/c15-14(18-16-12-9-5-2-6-10-12)19-17-13(20)11-7-3-1-4-8-11/h1-10,16H,(H,17,20)(H3,15,18,19). The lowest BCUT2D eigenvalue weighted by molar-refractivity contribution is 0.0943. The Morgan fingerprint density at radius 3 is 2.15 bits per heavy atom. The summed E-state index contributed by atoms with van der Waals surface area (Å²) in [4.78, 5) is 11.7. The zero-order valence-electron chi connectivity index (χ0n) is 10.7. The van der Waals surface area contributed by atoms with Crippen molar-refractivity contribution in [3.05, 3.63) is 66.2 Å². The fraction of sp³-hybridized carbons (Fsp3) is 0. The van der Waals surface area contributed by atoms with E-state index in [-0.39, 0.29) is 11.9 Å². The molecule has 2 aromatic rings. The van der Waals surface area contributed by atoms with E-state index in [1.54, 1.807) is 24.3 Å². The van der Waals surface area contributed by atoms with E-state index in [0.717, 1.165) is 5.69 Å². The Bertz CT molecular complexity index is 583. The maximum absolute atomic E-state index is 11.7. The van der Waals surface area contributed by atoms with Crippen molar-refractivity contribution < 1.29 is 4.79 Å². The summed E-state index contributed by atoms with van der Waals surface area (Å²) >= 11 is 0. The van der Waals surface area contributed by atoms with Crippen LogP contribution in [0.2, 0.25) is 0 Å². The monoisotopic (exact) mass is 269 g/mol. The number of nitrogens with one attached hydrogen (secondary N) is 3. The minimum Gasteiger partial charge on any atom is -0.367 e. The Hall–Kier alpha value is -3.02. The van der Waals surface area contributed by atoms with Crippen molar-refractivity contribution in [1.29, 1.82) is 0 Å². The number of hydrazine groups is 1. The molecule has 0 aliphatic carbocycles. The number of carbonyl (C=O) groups excluding carboxylic acids is 1. The van der Waals surface area contributed by atoms with Crippen LogP contribution in [0.1, 0.15) is 10.4 Å². The molecule has 0 bridgehead atoms. The third kappa shape index (κ3) is 4.02. The molecule has 2 rings (SSSR count). The minimum atomic E-state index is -0.288. The molecule has 2 aromatic carbocycles. The normalized spacial score (nSPS) is 10.7. The fourth-order valence-corrected chi connectivity index (χ4v) is 1.45. The Balaban J connectivity index is 1.83. The molecule has 0 saturated heterocycles. The molecule has 0 saturated carbocycles. The molecule has 0 aliphatic rings. The van der Waals surface area contributed by atoms with Gasteiger partial charge in [-0.15, -0.1) is 5.10 Å². The zero-order chi connectivity index (χ0) is 14.2. The lowest BCUT2D eigenvalue weighted by Crippen LogP contribution is -2.45. The minimum absolute atomic E-state index is 0.0538. The third-order valence-corrected chi connectivity index (χ3v) is 2.42. The van der Waals surface area contributed by atoms with E-state index < -0.39 is 0 Å². The Morgan fingerprint density at radius 1 is 0.900 bits per heavy atom. The van der Waals surface area contributed by atoms with E-state index in [4.69, 9.17) is 5.73 Å². The Labute approximate surface area is 116 Å². The van der Waals surface area contributed by atoms with E-state index in [9.17, 15) is 4.79 Å². The van der Waals surface area contributed by atoms with Crippen molar-refractivity contribution in [2.24, 2.45) is 10.8 Å². The average molecular weight is 269 g/mol. The van der Waals surface area contributed by atoms with Gasteiger partial charge in [0.15, 0.2) is 0 Å². The molecule has 102 valence electrons. The topological polar surface area (TPSA) is 91.5 Å². The molecule has 0 unspecified atom stereocenters. The summed E-state index contributed by atoms with van der Waals surface area (Å²) in [7, 11) is 0. The lowest BCUT2D eigenvalue weighted by Gasteiger charge is -2.08. The van der Waals surface area contributed by atoms with Crippen molar-refractivity contribution in [2.75, 3.05) is 5.43 Å². The van der Waals surface area contributed by atoms with Gasteiger partial charge in [-0.3, -0.25) is 21.1 Å². The Morgan fingerprint density at radius 2 is 1.50 bits per heavy atom. The Kier molecular flexibility index (Phi) is 4.55. The van der Waals surface area contributed by atoms with Gasteiger partial charge in [0.1, 0.15) is 0 Å². The first-order valence-electron chi connectivity index (χ1n) is 6.01. The van der Waals surface area contributed by atoms with E-state index in [1.807, 2.05) is 36.4 Å². The van der Waals surface area contributed by atoms with Crippen LogP contribution in [0.25, 0.3) is 0 Å². The lowest BCUT2D eigenvalue weighted by atomic mass is 10.2. The van der Waals surface area contributed by atoms with Gasteiger partial charge in [-0.2, -0.15) is 0 Å². The molecule has 1 amide bonds. The second kappa shape index (κ2) is 6.79. The summed E-state index contributed by atoms with van der Waals surface area (Å²) in [5.41, 5.74) is 14.7. The summed E-state index contributed by atoms with van der Waals surface area (Å²) in [6, 6.07) is 18.1. The number of amides is 1. The number of hydrogen-bond acceptors (Lipinski definition) is 3. The zero-order valence-corrected chi connectivity index (χ0v) is 10.7. The second-order valence-corrected chi connectivity index (χ2v) is 3.92. The van der Waals surface area contributed by atoms with Crippen LogP contribution in [-0.2, 0) is 0 Å². The van der Waals surface area contributed by atoms with Gasteiger partial charge in [0.25, 0.3) is 5.91 Å². The predicted molar refractivity (Wildman–Crippen MR) is 78.7 cm³/mol. The molecular formula is C14H15N5O. The van der Waals surface area contributed by atoms with Crippen molar-refractivity contribution >= 4 is 17.6 Å². The number of anilines is 1. The average Bonchev–Trinajstić information content (AvgIpc) is 2.52. The summed E-state index contributed by atoms with van der Waals surface area (Å²) in [5.74, 6) is -0.235. The van der Waals surface area contributed by atoms with Crippen LogP contribution in [0.4, 0.5) is 5.69 Å². The summed E-state index contributed by atoms with van der Waals surface area (Å²) in [5, 5.41) is 3.88. The first-order valence-corrected chi connectivity index (χ1v) is 6.01. The molecule has 0 aliphatic heterocycles. The second-order valence-electron chi connectivity index (χ2n) is 3.92. The number of hydrogen-bond donors (Lipinski definition) is 4. The smallest absolute Gasteiger partial charge is 0.269 e. The number of carbonyl (C=O) groups is 1. The molecule has 5 N–H and O–H groups in total. The van der Waals surface area contributed by atoms with Gasteiger partial charge in [0.05, 0.1) is 5.69 Å². The van der Waals surface area contributed by atoms with Crippen LogP contribution in [0.3, 0.4) is 0 Å². The number of benzene rings is 2. The van der Waals surface area contributed by atoms with Gasteiger partial charge in [0.2, 0.25) is 5.96 Å². The largest absolute Gasteiger partial charge is 0.367 e. The highest BCUT2D eigenvalue weighted by molar-refractivity contribution is 5.95. The highest BCUT2D eigenvalue weighted by Crippen LogP contribution is 2.03. The third-order valence-electron chi connectivity index (χ3n) is 2.42. The van der Waals surface area contributed by atoms with Crippen molar-refractivity contribution in [2.45, 2.75) is 0 Å². The van der Waals surface area contributed by atoms with Crippen molar-refractivity contribution in [3.8, 4) is 0 Å². The molecule has 0 radical (unpaired) electrons. The SMILES string of the molecule is N/C(=N\Nc1ccccc1)NNC(=O)c1ccccc1. The molecule has 0 atom stereocenters. The van der Waals surface area contributed by atoms with Gasteiger partial charge >= 0.3 is 0 Å². The number of rotatable bonds is 3. The molecule has 0 heterocycles. The van der Waals surface area contributed by atoms with Gasteiger partial charge in [-0.25, -0.2) is 0 Å². The first-order chi connectivity index (χ1) is 9.75. The van der Waals surface area contributed by atoms with Crippen LogP contribution < -0.4 is 22.0 Å². The molecule has 6 nitrogen and oxygen atoms in total. The van der Waals surface area contributed by atoms with Crippen LogP contribution in [0.5, 0.6) is 0 Å². The number of para-hydroxylation sites is 1. The van der Waals surface area contributed by atoms with E-state index in [0.29, 0.717) is 5.56 Å². The number of nitrogens with two attached hydrogens (primary N) is 1. The quantitative estimate of drug-likeness (QED) is 0.383. The fourth-order valence-electron chi connectivity index (χ4n) is 1.45. The first kappa shape index (κ1) is 13.4. The molecule has 0 aromatic heterocycles. The number of guanidine groups is 1. The van der Waals surface area contributed by atoms with E-state index >= 15 is 0 Å². The van der Waals surface area contributed by atoms with Crippen molar-refractivity contribution in [1.82, 2.24) is 10.9 Å². The van der Waals surface area contributed by atoms with Gasteiger partial charge < -0.3 is 5.73 Å². The van der Waals surface area contributed by atoms with E-state index in [1.165, 1.54) is 0 Å². The van der Waals surface area contributed by atoms with Gasteiger partial charge in [0, 0.05) is 5.56 Å². The highest BCUT2D eigenvalue weighted by atomic mass is 16.2. The van der Waals surface area contributed by atoms with Gasteiger partial charge in [-0.1, -0.05) is 36.4 Å². The molecule has 6 heteroatoms. The molecule has 0 spiro atoms. The predicted octanol–water partition coefficient (Wildman–Crippen LogP) is 1.26. The molecule has 0 fully saturated rings. The van der Waals surface area contributed by atoms with Crippen LogP contribution in [0.15, 0.2) is 65.8 Å². The summed E-state index contributed by atoms with van der Waals surface area (Å²) in [6.07, 6.45) is 0. The van der Waals surface area contributed by atoms with Crippen LogP contribution in [-0.4, -0.2) is 11.9 Å². The van der Waals surface area contributed by atoms with Gasteiger partial charge in [-0.05, 0) is 24.3 Å². The van der Waals surface area contributed by atoms with E-state index in [2.05, 4.69) is 21.4 Å². The maximum Gasteiger partial charge on any atom is 0.269 e. The molecular weight excluding hydrogens is 254 g/mol. The van der Waals surface area contributed by atoms with Crippen LogP contribution in [0, 0.1) is 0 Å². The summed E-state index contributed by atoms with van der Waals surface area (Å²) in [6.45, 7) is 0. The number of hydrazone groups is 1. The highest BCUT2D eigenvalue weighted by Gasteiger charge is 2.03.